The maximum absolute atomic E-state index is 11.8. The number of piperazine rings is 1. The van der Waals surface area contributed by atoms with Crippen LogP contribution in [-0.4, -0.2) is 34.5 Å². The molecule has 1 aromatic rings. The third-order valence-electron chi connectivity index (χ3n) is 3.32. The van der Waals surface area contributed by atoms with Gasteiger partial charge in [-0.25, -0.2) is 0 Å². The van der Waals surface area contributed by atoms with Crippen molar-refractivity contribution in [1.29, 1.82) is 0 Å². The van der Waals surface area contributed by atoms with Gasteiger partial charge >= 0.3 is 0 Å². The van der Waals surface area contributed by atoms with Crippen LogP contribution in [0.2, 0.25) is 0 Å². The van der Waals surface area contributed by atoms with Gasteiger partial charge in [-0.3, -0.25) is 4.79 Å². The molecule has 3 aliphatic rings. The smallest absolute Gasteiger partial charge is 0.240 e. The Labute approximate surface area is 93.9 Å². The molecule has 3 aliphatic heterocycles. The van der Waals surface area contributed by atoms with E-state index >= 15 is 0 Å². The Hall–Kier alpha value is -1.55. The zero-order chi connectivity index (χ0) is 11.1. The van der Waals surface area contributed by atoms with Gasteiger partial charge in [-0.2, -0.15) is 0 Å². The second-order valence-electron chi connectivity index (χ2n) is 4.54. The Kier molecular flexibility index (Phi) is 2.11. The van der Waals surface area contributed by atoms with Crippen molar-refractivity contribution in [2.24, 2.45) is 0 Å². The molecule has 1 aromatic carbocycles. The largest absolute Gasteiger partial charge is 0.508 e. The van der Waals surface area contributed by atoms with Crippen molar-refractivity contribution in [2.75, 3.05) is 6.54 Å². The van der Waals surface area contributed by atoms with E-state index in [9.17, 15) is 9.90 Å². The van der Waals surface area contributed by atoms with Crippen molar-refractivity contribution in [1.82, 2.24) is 10.2 Å². The van der Waals surface area contributed by atoms with E-state index in [0.717, 1.165) is 18.5 Å². The summed E-state index contributed by atoms with van der Waals surface area (Å²) in [6.45, 7) is 1.45. The Balaban J connectivity index is 1.70. The Bertz CT molecular complexity index is 410. The molecule has 0 saturated carbocycles. The lowest BCUT2D eigenvalue weighted by Gasteiger charge is -2.47. The summed E-state index contributed by atoms with van der Waals surface area (Å²) in [5.41, 5.74) is 1.06. The van der Waals surface area contributed by atoms with Gasteiger partial charge in [0.05, 0.1) is 6.04 Å². The molecule has 3 heterocycles. The first-order valence-corrected chi connectivity index (χ1v) is 5.55. The molecule has 2 unspecified atom stereocenters. The van der Waals surface area contributed by atoms with E-state index < -0.39 is 0 Å². The maximum atomic E-state index is 11.8. The molecule has 0 spiro atoms. The van der Waals surface area contributed by atoms with Gasteiger partial charge in [-0.15, -0.1) is 0 Å². The molecular formula is C12H14N2O2. The summed E-state index contributed by atoms with van der Waals surface area (Å²) in [5.74, 6) is 0.466. The van der Waals surface area contributed by atoms with Crippen LogP contribution < -0.4 is 5.32 Å². The number of amides is 1. The Morgan fingerprint density at radius 1 is 1.38 bits per heavy atom. The molecule has 4 rings (SSSR count). The molecule has 4 heteroatoms. The standard InChI is InChI=1S/C12H14N2O2/c15-10-3-1-8(2-4-10)6-14-7-9-5-11(13-9)12(14)16/h1-4,9,11,13,15H,5-7H2. The summed E-state index contributed by atoms with van der Waals surface area (Å²) < 4.78 is 0. The van der Waals surface area contributed by atoms with Crippen molar-refractivity contribution in [3.05, 3.63) is 29.8 Å². The summed E-state index contributed by atoms with van der Waals surface area (Å²) in [6, 6.07) is 7.56. The van der Waals surface area contributed by atoms with Crippen LogP contribution in [0.15, 0.2) is 24.3 Å². The van der Waals surface area contributed by atoms with E-state index in [1.807, 2.05) is 17.0 Å². The first-order valence-electron chi connectivity index (χ1n) is 5.55. The number of nitrogens with zero attached hydrogens (tertiary/aromatic N) is 1. The van der Waals surface area contributed by atoms with E-state index in [2.05, 4.69) is 5.32 Å². The van der Waals surface area contributed by atoms with Crippen LogP contribution in [-0.2, 0) is 11.3 Å². The first-order chi connectivity index (χ1) is 7.72. The van der Waals surface area contributed by atoms with E-state index in [1.165, 1.54) is 0 Å². The summed E-state index contributed by atoms with van der Waals surface area (Å²) in [4.78, 5) is 13.7. The molecular weight excluding hydrogens is 204 g/mol. The monoisotopic (exact) mass is 218 g/mol. The number of piperidine rings is 1. The highest BCUT2D eigenvalue weighted by Gasteiger charge is 2.42. The molecule has 0 aromatic heterocycles. The number of aromatic hydroxyl groups is 1. The maximum Gasteiger partial charge on any atom is 0.240 e. The Morgan fingerprint density at radius 3 is 2.69 bits per heavy atom. The number of hydrogen-bond acceptors (Lipinski definition) is 3. The summed E-state index contributed by atoms with van der Waals surface area (Å²) >= 11 is 0. The van der Waals surface area contributed by atoms with Gasteiger partial charge in [0.2, 0.25) is 5.91 Å². The lowest BCUT2D eigenvalue weighted by Crippen LogP contribution is -2.69. The molecule has 84 valence electrons. The summed E-state index contributed by atoms with van der Waals surface area (Å²) in [7, 11) is 0. The molecule has 2 atom stereocenters. The van der Waals surface area contributed by atoms with Crippen molar-refractivity contribution in [3.63, 3.8) is 0 Å². The van der Waals surface area contributed by atoms with Gasteiger partial charge in [0, 0.05) is 19.1 Å². The fourth-order valence-electron chi connectivity index (χ4n) is 2.38. The lowest BCUT2D eigenvalue weighted by molar-refractivity contribution is -0.143. The van der Waals surface area contributed by atoms with Crippen LogP contribution in [0.25, 0.3) is 0 Å². The molecule has 2 bridgehead atoms. The predicted molar refractivity (Wildman–Crippen MR) is 58.9 cm³/mol. The van der Waals surface area contributed by atoms with Crippen LogP contribution in [0.4, 0.5) is 0 Å². The minimum Gasteiger partial charge on any atom is -0.508 e. The van der Waals surface area contributed by atoms with Gasteiger partial charge < -0.3 is 15.3 Å². The highest BCUT2D eigenvalue weighted by molar-refractivity contribution is 5.84. The second kappa shape index (κ2) is 3.49. The third kappa shape index (κ3) is 1.55. The number of fused-ring (bicyclic) bond motifs is 2. The number of hydrogen-bond donors (Lipinski definition) is 2. The molecule has 3 saturated heterocycles. The van der Waals surface area contributed by atoms with Crippen molar-refractivity contribution in [2.45, 2.75) is 25.0 Å². The fourth-order valence-corrected chi connectivity index (χ4v) is 2.38. The quantitative estimate of drug-likeness (QED) is 0.758. The second-order valence-corrected chi connectivity index (χ2v) is 4.54. The van der Waals surface area contributed by atoms with Crippen molar-refractivity contribution in [3.8, 4) is 5.75 Å². The number of phenols is 1. The van der Waals surface area contributed by atoms with E-state index in [0.29, 0.717) is 12.6 Å². The van der Waals surface area contributed by atoms with Crippen molar-refractivity contribution >= 4 is 5.91 Å². The van der Waals surface area contributed by atoms with E-state index in [-0.39, 0.29) is 17.7 Å². The average Bonchev–Trinajstić information content (AvgIpc) is 2.22. The highest BCUT2D eigenvalue weighted by Crippen LogP contribution is 2.23. The van der Waals surface area contributed by atoms with Gasteiger partial charge in [-0.1, -0.05) is 12.1 Å². The lowest BCUT2D eigenvalue weighted by atomic mass is 9.90. The average molecular weight is 218 g/mol. The number of carbonyl (C=O) groups excluding carboxylic acids is 1. The van der Waals surface area contributed by atoms with Crippen LogP contribution in [0.5, 0.6) is 5.75 Å². The number of phenolic OH excluding ortho intramolecular Hbond substituents is 1. The SMILES string of the molecule is O=C1C2CC(CN1Cc1ccc(O)cc1)N2. The number of rotatable bonds is 2. The minimum absolute atomic E-state index is 0.0517. The predicted octanol–water partition coefficient (Wildman–Crippen LogP) is 0.465. The Morgan fingerprint density at radius 2 is 2.06 bits per heavy atom. The van der Waals surface area contributed by atoms with E-state index in [1.54, 1.807) is 12.1 Å². The summed E-state index contributed by atoms with van der Waals surface area (Å²) in [6.07, 6.45) is 0.991. The third-order valence-corrected chi connectivity index (χ3v) is 3.32. The number of benzene rings is 1. The molecule has 2 N–H and O–H groups in total. The molecule has 3 fully saturated rings. The van der Waals surface area contributed by atoms with Crippen LogP contribution in [0.3, 0.4) is 0 Å². The molecule has 0 aliphatic carbocycles. The molecule has 4 nitrogen and oxygen atoms in total. The number of carbonyl (C=O) groups is 1. The van der Waals surface area contributed by atoms with Crippen molar-refractivity contribution < 1.29 is 9.90 Å². The van der Waals surface area contributed by atoms with Gasteiger partial charge in [0.25, 0.3) is 0 Å². The zero-order valence-corrected chi connectivity index (χ0v) is 8.89. The van der Waals surface area contributed by atoms with Gasteiger partial charge in [0.1, 0.15) is 5.75 Å². The molecule has 16 heavy (non-hydrogen) atoms. The van der Waals surface area contributed by atoms with Crippen LogP contribution in [0.1, 0.15) is 12.0 Å². The summed E-state index contributed by atoms with van der Waals surface area (Å²) in [5, 5.41) is 12.4. The zero-order valence-electron chi connectivity index (χ0n) is 8.89. The van der Waals surface area contributed by atoms with E-state index in [4.69, 9.17) is 0 Å². The fraction of sp³-hybridized carbons (Fsp3) is 0.417. The van der Waals surface area contributed by atoms with Crippen LogP contribution in [0, 0.1) is 0 Å². The highest BCUT2D eigenvalue weighted by atomic mass is 16.3. The van der Waals surface area contributed by atoms with Gasteiger partial charge in [-0.05, 0) is 24.1 Å². The number of nitrogens with one attached hydrogen (secondary N) is 1. The molecule has 0 radical (unpaired) electrons. The molecule has 1 amide bonds. The normalized spacial score (nSPS) is 27.8. The van der Waals surface area contributed by atoms with Crippen LogP contribution >= 0.6 is 0 Å². The topological polar surface area (TPSA) is 52.6 Å². The minimum atomic E-state index is 0.0517. The van der Waals surface area contributed by atoms with Gasteiger partial charge in [0.15, 0.2) is 0 Å². The first kappa shape index (κ1) is 9.66.